The van der Waals surface area contributed by atoms with Crippen molar-refractivity contribution >= 4 is 11.9 Å². The van der Waals surface area contributed by atoms with Crippen molar-refractivity contribution in [3.63, 3.8) is 0 Å². The quantitative estimate of drug-likeness (QED) is 0.356. The Labute approximate surface area is 112 Å². The summed E-state index contributed by atoms with van der Waals surface area (Å²) >= 11 is 0. The zero-order chi connectivity index (χ0) is 14.7. The second-order valence-corrected chi connectivity index (χ2v) is 5.57. The Hall–Kier alpha value is -1.36. The molecule has 0 saturated heterocycles. The first-order valence-electron chi connectivity index (χ1n) is 6.65. The van der Waals surface area contributed by atoms with Crippen LogP contribution in [0.3, 0.4) is 0 Å². The highest BCUT2D eigenvalue weighted by Crippen LogP contribution is 2.54. The molecule has 0 amide bonds. The van der Waals surface area contributed by atoms with Crippen LogP contribution in [-0.2, 0) is 9.59 Å². The van der Waals surface area contributed by atoms with Gasteiger partial charge in [0.05, 0.1) is 5.60 Å². The van der Waals surface area contributed by atoms with E-state index in [0.29, 0.717) is 6.42 Å². The molecule has 1 rings (SSSR count). The molecule has 19 heavy (non-hydrogen) atoms. The van der Waals surface area contributed by atoms with E-state index in [2.05, 4.69) is 6.92 Å². The molecule has 5 heteroatoms. The number of allylic oxidation sites excluding steroid dienone is 1. The molecule has 0 aromatic carbocycles. The Kier molecular flexibility index (Phi) is 4.74. The zero-order valence-electron chi connectivity index (χ0n) is 11.4. The van der Waals surface area contributed by atoms with Crippen molar-refractivity contribution in [2.24, 2.45) is 11.3 Å². The zero-order valence-corrected chi connectivity index (χ0v) is 11.4. The lowest BCUT2D eigenvalue weighted by atomic mass is 9.96. The number of hydrogen-bond acceptors (Lipinski definition) is 3. The van der Waals surface area contributed by atoms with E-state index < -0.39 is 28.9 Å². The molecule has 0 aliphatic heterocycles. The molecule has 0 aromatic rings. The summed E-state index contributed by atoms with van der Waals surface area (Å²) in [5.74, 6) is -3.14. The third-order valence-corrected chi connectivity index (χ3v) is 3.75. The van der Waals surface area contributed by atoms with Gasteiger partial charge in [0.1, 0.15) is 0 Å². The van der Waals surface area contributed by atoms with E-state index in [0.717, 1.165) is 19.3 Å². The van der Waals surface area contributed by atoms with Gasteiger partial charge in [0, 0.05) is 5.92 Å². The van der Waals surface area contributed by atoms with Crippen LogP contribution in [0, 0.1) is 11.3 Å². The lowest BCUT2D eigenvalue weighted by Crippen LogP contribution is -2.27. The van der Waals surface area contributed by atoms with Gasteiger partial charge in [-0.15, -0.1) is 0 Å². The third kappa shape index (κ3) is 3.56. The van der Waals surface area contributed by atoms with Crippen LogP contribution in [0.5, 0.6) is 0 Å². The summed E-state index contributed by atoms with van der Waals surface area (Å²) in [7, 11) is 0. The number of carboxylic acid groups (broad SMARTS) is 2. The van der Waals surface area contributed by atoms with Crippen LogP contribution in [0.25, 0.3) is 0 Å². The summed E-state index contributed by atoms with van der Waals surface area (Å²) in [6.07, 6.45) is 6.75. The summed E-state index contributed by atoms with van der Waals surface area (Å²) < 4.78 is 0. The molecular weight excluding hydrogens is 248 g/mol. The maximum atomic E-state index is 11.0. The normalized spacial score (nSPS) is 24.1. The van der Waals surface area contributed by atoms with Gasteiger partial charge in [-0.2, -0.15) is 0 Å². The fourth-order valence-corrected chi connectivity index (χ4v) is 2.24. The number of hydrogen-bond donors (Lipinski definition) is 3. The highest BCUT2D eigenvalue weighted by molar-refractivity contribution is 6.02. The Balaban J connectivity index is 2.59. The molecule has 3 N–H and O–H groups in total. The molecule has 0 bridgehead atoms. The van der Waals surface area contributed by atoms with E-state index in [1.54, 1.807) is 13.0 Å². The monoisotopic (exact) mass is 270 g/mol. The van der Waals surface area contributed by atoms with Crippen molar-refractivity contribution in [3.05, 3.63) is 12.2 Å². The molecule has 1 aliphatic carbocycles. The van der Waals surface area contributed by atoms with Crippen LogP contribution in [0.15, 0.2) is 12.2 Å². The molecule has 0 aromatic heterocycles. The molecule has 2 atom stereocenters. The number of rotatable bonds is 8. The van der Waals surface area contributed by atoms with Crippen molar-refractivity contribution in [2.45, 2.75) is 51.6 Å². The van der Waals surface area contributed by atoms with Gasteiger partial charge in [0.2, 0.25) is 0 Å². The van der Waals surface area contributed by atoms with E-state index in [-0.39, 0.29) is 6.42 Å². The van der Waals surface area contributed by atoms with Crippen LogP contribution in [0.1, 0.15) is 46.0 Å². The second kappa shape index (κ2) is 5.74. The Morgan fingerprint density at radius 1 is 1.32 bits per heavy atom. The molecular formula is C14H22O5. The maximum absolute atomic E-state index is 11.0. The van der Waals surface area contributed by atoms with Crippen LogP contribution in [0.4, 0.5) is 0 Å². The lowest BCUT2D eigenvalue weighted by Gasteiger charge is -2.18. The van der Waals surface area contributed by atoms with Crippen LogP contribution >= 0.6 is 0 Å². The molecule has 1 aliphatic rings. The minimum Gasteiger partial charge on any atom is -0.480 e. The van der Waals surface area contributed by atoms with Crippen LogP contribution in [-0.4, -0.2) is 32.9 Å². The third-order valence-electron chi connectivity index (χ3n) is 3.75. The number of carboxylic acids is 2. The molecule has 1 saturated carbocycles. The van der Waals surface area contributed by atoms with Crippen LogP contribution in [0.2, 0.25) is 0 Å². The summed E-state index contributed by atoms with van der Waals surface area (Å²) in [6.45, 7) is 3.73. The van der Waals surface area contributed by atoms with Gasteiger partial charge < -0.3 is 15.3 Å². The molecule has 1 fully saturated rings. The smallest absolute Gasteiger partial charge is 0.321 e. The van der Waals surface area contributed by atoms with Gasteiger partial charge >= 0.3 is 11.9 Å². The summed E-state index contributed by atoms with van der Waals surface area (Å²) in [5.41, 5.74) is -2.68. The predicted octanol–water partition coefficient (Wildman–Crippen LogP) is 2.05. The number of carbonyl (C=O) groups is 2. The fraction of sp³-hybridized carbons (Fsp3) is 0.714. The number of aliphatic hydroxyl groups is 1. The largest absolute Gasteiger partial charge is 0.480 e. The summed E-state index contributed by atoms with van der Waals surface area (Å²) in [5, 5.41) is 28.0. The minimum absolute atomic E-state index is 0.0964. The van der Waals surface area contributed by atoms with Gasteiger partial charge in [-0.1, -0.05) is 38.3 Å². The summed E-state index contributed by atoms with van der Waals surface area (Å²) in [4.78, 5) is 22.0. The van der Waals surface area contributed by atoms with E-state index in [9.17, 15) is 14.7 Å². The van der Waals surface area contributed by atoms with E-state index in [1.165, 1.54) is 6.08 Å². The second-order valence-electron chi connectivity index (χ2n) is 5.57. The molecule has 2 unspecified atom stereocenters. The van der Waals surface area contributed by atoms with Gasteiger partial charge in [-0.05, 0) is 19.8 Å². The van der Waals surface area contributed by atoms with E-state index >= 15 is 0 Å². The minimum atomic E-state index is -1.68. The first-order chi connectivity index (χ1) is 8.76. The van der Waals surface area contributed by atoms with Crippen molar-refractivity contribution < 1.29 is 24.9 Å². The highest BCUT2D eigenvalue weighted by Gasteiger charge is 2.65. The number of aliphatic carboxylic acids is 2. The van der Waals surface area contributed by atoms with Crippen LogP contribution < -0.4 is 0 Å². The molecule has 0 spiro atoms. The first kappa shape index (κ1) is 15.7. The topological polar surface area (TPSA) is 94.8 Å². The van der Waals surface area contributed by atoms with Gasteiger partial charge in [-0.25, -0.2) is 0 Å². The van der Waals surface area contributed by atoms with Crippen molar-refractivity contribution in [1.82, 2.24) is 0 Å². The fourth-order valence-electron chi connectivity index (χ4n) is 2.24. The first-order valence-corrected chi connectivity index (χ1v) is 6.65. The Morgan fingerprint density at radius 3 is 2.32 bits per heavy atom. The SMILES string of the molecule is CCCCCC(C)(O)C=CC1CC1(C(=O)O)C(=O)O. The molecule has 0 radical (unpaired) electrons. The van der Waals surface area contributed by atoms with Gasteiger partial charge in [-0.3, -0.25) is 9.59 Å². The number of unbranched alkanes of at least 4 members (excludes halogenated alkanes) is 2. The average molecular weight is 270 g/mol. The van der Waals surface area contributed by atoms with Gasteiger partial charge in [0.25, 0.3) is 0 Å². The molecule has 0 heterocycles. The van der Waals surface area contributed by atoms with Gasteiger partial charge in [0.15, 0.2) is 5.41 Å². The van der Waals surface area contributed by atoms with Crippen molar-refractivity contribution in [2.75, 3.05) is 0 Å². The predicted molar refractivity (Wildman–Crippen MR) is 69.7 cm³/mol. The maximum Gasteiger partial charge on any atom is 0.321 e. The van der Waals surface area contributed by atoms with E-state index in [1.807, 2.05) is 0 Å². The molecule has 108 valence electrons. The average Bonchev–Trinajstić information content (AvgIpc) is 3.02. The Morgan fingerprint density at radius 2 is 1.89 bits per heavy atom. The van der Waals surface area contributed by atoms with E-state index in [4.69, 9.17) is 10.2 Å². The van der Waals surface area contributed by atoms with Crippen molar-refractivity contribution in [1.29, 1.82) is 0 Å². The van der Waals surface area contributed by atoms with Crippen molar-refractivity contribution in [3.8, 4) is 0 Å². The lowest BCUT2D eigenvalue weighted by molar-refractivity contribution is -0.157. The Bertz CT molecular complexity index is 369. The summed E-state index contributed by atoms with van der Waals surface area (Å²) in [6, 6.07) is 0. The standard InChI is InChI=1S/C14H22O5/c1-3-4-5-7-13(2,19)8-6-10-9-14(10,11(15)16)12(17)18/h6,8,10,19H,3-5,7,9H2,1-2H3,(H,15,16)(H,17,18). The highest BCUT2D eigenvalue weighted by atomic mass is 16.4. The molecule has 5 nitrogen and oxygen atoms in total.